The molecule has 1 atom stereocenters. The number of allylic oxidation sites excluding steroid dienone is 2. The summed E-state index contributed by atoms with van der Waals surface area (Å²) in [6, 6.07) is 14.3. The highest BCUT2D eigenvalue weighted by Crippen LogP contribution is 2.32. The standard InChI is InChI=1S/C26H31BO4/c1-18-14-21(15-19(2)26(18)28)16-23(22-8-6-5-7-9-22)10-11-25-24(20(3)17-30-4)12-13-27(29)31-25/h5-9,12,14-16,25,28-29H,3,10-11,13,17H2,1-2,4H3/b23-16-. The summed E-state index contributed by atoms with van der Waals surface area (Å²) in [5.74, 6) is 0.342. The van der Waals surface area contributed by atoms with Gasteiger partial charge in [0.25, 0.3) is 0 Å². The Morgan fingerprint density at radius 3 is 2.55 bits per heavy atom. The number of rotatable bonds is 8. The van der Waals surface area contributed by atoms with Crippen molar-refractivity contribution in [2.75, 3.05) is 13.7 Å². The van der Waals surface area contributed by atoms with Gasteiger partial charge in [-0.3, -0.25) is 0 Å². The van der Waals surface area contributed by atoms with Crippen LogP contribution in [0.25, 0.3) is 11.6 Å². The fraction of sp³-hybridized carbons (Fsp3) is 0.308. The minimum Gasteiger partial charge on any atom is -0.507 e. The first-order valence-electron chi connectivity index (χ1n) is 10.7. The predicted molar refractivity (Wildman–Crippen MR) is 128 cm³/mol. The molecule has 4 nitrogen and oxygen atoms in total. The molecule has 1 aliphatic heterocycles. The number of hydrogen-bond donors (Lipinski definition) is 2. The van der Waals surface area contributed by atoms with Crippen LogP contribution in [0.4, 0.5) is 0 Å². The summed E-state index contributed by atoms with van der Waals surface area (Å²) < 4.78 is 11.1. The molecule has 0 saturated heterocycles. The fourth-order valence-electron chi connectivity index (χ4n) is 4.04. The molecule has 1 unspecified atom stereocenters. The van der Waals surface area contributed by atoms with Crippen LogP contribution >= 0.6 is 0 Å². The van der Waals surface area contributed by atoms with Crippen molar-refractivity contribution in [1.82, 2.24) is 0 Å². The van der Waals surface area contributed by atoms with Gasteiger partial charge in [-0.05, 0) is 77.8 Å². The van der Waals surface area contributed by atoms with E-state index in [1.807, 2.05) is 50.3 Å². The van der Waals surface area contributed by atoms with Crippen molar-refractivity contribution in [2.24, 2.45) is 0 Å². The number of benzene rings is 2. The van der Waals surface area contributed by atoms with E-state index in [4.69, 9.17) is 9.39 Å². The fourth-order valence-corrected chi connectivity index (χ4v) is 4.04. The molecule has 0 spiro atoms. The first kappa shape index (κ1) is 23.1. The Bertz CT molecular complexity index is 955. The van der Waals surface area contributed by atoms with Gasteiger partial charge in [-0.15, -0.1) is 0 Å². The smallest absolute Gasteiger partial charge is 0.458 e. The average Bonchev–Trinajstić information content (AvgIpc) is 2.75. The Balaban J connectivity index is 1.88. The molecule has 31 heavy (non-hydrogen) atoms. The number of phenolic OH excluding ortho intramolecular Hbond substituents is 1. The summed E-state index contributed by atoms with van der Waals surface area (Å²) in [7, 11) is 0.854. The van der Waals surface area contributed by atoms with Crippen LogP contribution in [0.2, 0.25) is 6.32 Å². The molecule has 1 aliphatic rings. The number of phenols is 1. The third-order valence-electron chi connectivity index (χ3n) is 5.61. The van der Waals surface area contributed by atoms with Crippen LogP contribution in [-0.2, 0) is 9.39 Å². The van der Waals surface area contributed by atoms with Gasteiger partial charge >= 0.3 is 7.12 Å². The lowest BCUT2D eigenvalue weighted by atomic mass is 9.78. The lowest BCUT2D eigenvalue weighted by molar-refractivity contribution is 0.177. The molecule has 2 N–H and O–H groups in total. The van der Waals surface area contributed by atoms with E-state index < -0.39 is 7.12 Å². The molecular weight excluding hydrogens is 387 g/mol. The van der Waals surface area contributed by atoms with Gasteiger partial charge in [0.1, 0.15) is 5.75 Å². The quantitative estimate of drug-likeness (QED) is 0.449. The second-order valence-corrected chi connectivity index (χ2v) is 8.09. The molecule has 0 aliphatic carbocycles. The highest BCUT2D eigenvalue weighted by atomic mass is 16.5. The van der Waals surface area contributed by atoms with E-state index >= 15 is 0 Å². The Morgan fingerprint density at radius 1 is 1.23 bits per heavy atom. The molecule has 0 radical (unpaired) electrons. The van der Waals surface area contributed by atoms with Crippen LogP contribution in [0.5, 0.6) is 5.75 Å². The third-order valence-corrected chi connectivity index (χ3v) is 5.61. The van der Waals surface area contributed by atoms with Gasteiger partial charge in [-0.1, -0.05) is 49.1 Å². The lowest BCUT2D eigenvalue weighted by Crippen LogP contribution is -2.32. The average molecular weight is 418 g/mol. The molecule has 162 valence electrons. The topological polar surface area (TPSA) is 58.9 Å². The van der Waals surface area contributed by atoms with E-state index in [1.54, 1.807) is 7.11 Å². The minimum atomic E-state index is -0.796. The monoisotopic (exact) mass is 418 g/mol. The molecular formula is C26H31BO4. The van der Waals surface area contributed by atoms with E-state index in [0.29, 0.717) is 25.1 Å². The van der Waals surface area contributed by atoms with Crippen LogP contribution in [0.1, 0.15) is 35.1 Å². The molecule has 0 bridgehead atoms. The van der Waals surface area contributed by atoms with Crippen LogP contribution in [-0.4, -0.2) is 37.1 Å². The largest absolute Gasteiger partial charge is 0.507 e. The zero-order valence-electron chi connectivity index (χ0n) is 18.6. The number of methoxy groups -OCH3 is 1. The molecule has 2 aromatic rings. The van der Waals surface area contributed by atoms with Gasteiger partial charge in [-0.25, -0.2) is 0 Å². The Kier molecular flexibility index (Phi) is 7.91. The molecule has 2 aromatic carbocycles. The lowest BCUT2D eigenvalue weighted by Gasteiger charge is -2.28. The van der Waals surface area contributed by atoms with Gasteiger partial charge in [0, 0.05) is 13.4 Å². The third kappa shape index (κ3) is 5.98. The van der Waals surface area contributed by atoms with E-state index in [9.17, 15) is 10.1 Å². The molecule has 0 amide bonds. The minimum absolute atomic E-state index is 0.234. The normalized spacial score (nSPS) is 16.9. The number of hydrogen-bond acceptors (Lipinski definition) is 4. The SMILES string of the molecule is C=C(COC)C1=CCB(O)OC1CC/C(=C/c1cc(C)c(O)c(C)c1)c1ccccc1. The summed E-state index contributed by atoms with van der Waals surface area (Å²) in [4.78, 5) is 0. The Labute approximate surface area is 185 Å². The summed E-state index contributed by atoms with van der Waals surface area (Å²) in [6.45, 7) is 8.40. The maximum atomic E-state index is 10.1. The van der Waals surface area contributed by atoms with Crippen molar-refractivity contribution in [2.45, 2.75) is 39.1 Å². The number of ether oxygens (including phenoxy) is 1. The molecule has 5 heteroatoms. The second-order valence-electron chi connectivity index (χ2n) is 8.09. The van der Waals surface area contributed by atoms with Crippen LogP contribution < -0.4 is 0 Å². The van der Waals surface area contributed by atoms with E-state index in [2.05, 4.69) is 24.8 Å². The summed E-state index contributed by atoms with van der Waals surface area (Å²) in [5, 5.41) is 20.2. The van der Waals surface area contributed by atoms with Crippen molar-refractivity contribution in [3.63, 3.8) is 0 Å². The summed E-state index contributed by atoms with van der Waals surface area (Å²) >= 11 is 0. The van der Waals surface area contributed by atoms with Crippen molar-refractivity contribution in [3.05, 3.63) is 88.5 Å². The van der Waals surface area contributed by atoms with Crippen molar-refractivity contribution in [3.8, 4) is 5.75 Å². The van der Waals surface area contributed by atoms with Crippen molar-refractivity contribution >= 4 is 18.8 Å². The summed E-state index contributed by atoms with van der Waals surface area (Å²) in [5.41, 5.74) is 6.98. The first-order chi connectivity index (χ1) is 14.9. The predicted octanol–water partition coefficient (Wildman–Crippen LogP) is 5.34. The van der Waals surface area contributed by atoms with Gasteiger partial charge in [0.15, 0.2) is 0 Å². The molecule has 3 rings (SSSR count). The Morgan fingerprint density at radius 2 is 1.90 bits per heavy atom. The second kappa shape index (κ2) is 10.6. The van der Waals surface area contributed by atoms with E-state index in [1.165, 1.54) is 5.57 Å². The molecule has 0 saturated carbocycles. The van der Waals surface area contributed by atoms with Crippen LogP contribution in [0, 0.1) is 13.8 Å². The van der Waals surface area contributed by atoms with Crippen LogP contribution in [0.15, 0.2) is 66.3 Å². The van der Waals surface area contributed by atoms with Crippen LogP contribution in [0.3, 0.4) is 0 Å². The molecule has 0 fully saturated rings. The maximum absolute atomic E-state index is 10.1. The Hall–Kier alpha value is -2.60. The highest BCUT2D eigenvalue weighted by molar-refractivity contribution is 6.43. The maximum Gasteiger partial charge on any atom is 0.458 e. The number of aromatic hydroxyl groups is 1. The number of aryl methyl sites for hydroxylation is 2. The van der Waals surface area contributed by atoms with Gasteiger partial charge < -0.3 is 19.5 Å². The van der Waals surface area contributed by atoms with Gasteiger partial charge in [-0.2, -0.15) is 0 Å². The first-order valence-corrected chi connectivity index (χ1v) is 10.7. The van der Waals surface area contributed by atoms with Gasteiger partial charge in [0.05, 0.1) is 12.7 Å². The summed E-state index contributed by atoms with van der Waals surface area (Å²) in [6.07, 6.45) is 5.88. The zero-order valence-corrected chi connectivity index (χ0v) is 18.6. The molecule has 0 aromatic heterocycles. The zero-order chi connectivity index (χ0) is 22.4. The van der Waals surface area contributed by atoms with Crippen molar-refractivity contribution < 1.29 is 19.5 Å². The van der Waals surface area contributed by atoms with Gasteiger partial charge in [0.2, 0.25) is 0 Å². The van der Waals surface area contributed by atoms with Crippen molar-refractivity contribution in [1.29, 1.82) is 0 Å². The highest BCUT2D eigenvalue weighted by Gasteiger charge is 2.28. The molecule has 1 heterocycles. The van der Waals surface area contributed by atoms with E-state index in [0.717, 1.165) is 39.8 Å². The van der Waals surface area contributed by atoms with E-state index in [-0.39, 0.29) is 6.10 Å².